The largest absolute Gasteiger partial charge is 0.380 e. The fraction of sp³-hybridized carbons (Fsp3) is 0.857. The number of nitrogens with one attached hydrogen (secondary N) is 1. The normalized spacial score (nSPS) is 9.36. The maximum Gasteiger partial charge on any atom is 0.316 e. The highest BCUT2D eigenvalue weighted by Gasteiger charge is 1.99. The van der Waals surface area contributed by atoms with Crippen LogP contribution in [0.25, 0.3) is 0 Å². The van der Waals surface area contributed by atoms with E-state index >= 15 is 0 Å². The van der Waals surface area contributed by atoms with Gasteiger partial charge in [-0.05, 0) is 6.92 Å². The Morgan fingerprint density at radius 1 is 1.55 bits per heavy atom. The maximum absolute atomic E-state index is 10.9. The van der Waals surface area contributed by atoms with Gasteiger partial charge >= 0.3 is 6.03 Å². The van der Waals surface area contributed by atoms with Gasteiger partial charge in [-0.2, -0.15) is 0 Å². The number of ether oxygens (including phenoxy) is 1. The second kappa shape index (κ2) is 5.97. The molecular weight excluding hydrogens is 144 g/mol. The first-order valence-electron chi connectivity index (χ1n) is 3.71. The quantitative estimate of drug-likeness (QED) is 0.601. The Bertz CT molecular complexity index is 115. The Hall–Kier alpha value is -0.770. The second-order valence-corrected chi connectivity index (χ2v) is 2.32. The number of amides is 2. The summed E-state index contributed by atoms with van der Waals surface area (Å²) >= 11 is 0. The lowest BCUT2D eigenvalue weighted by atomic mass is 10.6. The molecular formula is C7H16N2O2. The van der Waals surface area contributed by atoms with Crippen molar-refractivity contribution >= 4 is 6.03 Å². The molecule has 4 nitrogen and oxygen atoms in total. The Morgan fingerprint density at radius 3 is 2.64 bits per heavy atom. The number of carbonyl (C=O) groups is 1. The van der Waals surface area contributed by atoms with Gasteiger partial charge in [-0.15, -0.1) is 0 Å². The standard InChI is InChI=1S/C7H16N2O2/c1-4-11-6-5-8-7(10)9(2)3/h4-6H2,1-3H3,(H,8,10). The molecule has 66 valence electrons. The van der Waals surface area contributed by atoms with Crippen LogP contribution < -0.4 is 5.32 Å². The number of carbonyl (C=O) groups excluding carboxylic acids is 1. The summed E-state index contributed by atoms with van der Waals surface area (Å²) < 4.78 is 5.03. The summed E-state index contributed by atoms with van der Waals surface area (Å²) in [6.07, 6.45) is 0. The van der Waals surface area contributed by atoms with Crippen LogP contribution in [0.1, 0.15) is 6.92 Å². The predicted octanol–water partition coefficient (Wildman–Crippen LogP) is 0.294. The first-order chi connectivity index (χ1) is 5.18. The Balaban J connectivity index is 3.18. The SMILES string of the molecule is CCOCCNC(=O)N(C)C. The monoisotopic (exact) mass is 160 g/mol. The molecule has 0 aliphatic rings. The van der Waals surface area contributed by atoms with Gasteiger partial charge in [0.1, 0.15) is 0 Å². The van der Waals surface area contributed by atoms with E-state index in [0.717, 1.165) is 0 Å². The van der Waals surface area contributed by atoms with Crippen molar-refractivity contribution in [3.8, 4) is 0 Å². The van der Waals surface area contributed by atoms with E-state index in [9.17, 15) is 4.79 Å². The topological polar surface area (TPSA) is 41.6 Å². The number of rotatable bonds is 4. The van der Waals surface area contributed by atoms with E-state index in [1.165, 1.54) is 4.90 Å². The lowest BCUT2D eigenvalue weighted by Gasteiger charge is -2.11. The summed E-state index contributed by atoms with van der Waals surface area (Å²) in [4.78, 5) is 12.4. The molecule has 4 heteroatoms. The van der Waals surface area contributed by atoms with E-state index in [1.807, 2.05) is 6.92 Å². The number of hydrogen-bond donors (Lipinski definition) is 1. The smallest absolute Gasteiger partial charge is 0.316 e. The molecule has 0 heterocycles. The van der Waals surface area contributed by atoms with Crippen molar-refractivity contribution < 1.29 is 9.53 Å². The van der Waals surface area contributed by atoms with Gasteiger partial charge in [-0.25, -0.2) is 4.79 Å². The van der Waals surface area contributed by atoms with Gasteiger partial charge in [0.15, 0.2) is 0 Å². The molecule has 0 aromatic heterocycles. The van der Waals surface area contributed by atoms with E-state index in [0.29, 0.717) is 19.8 Å². The van der Waals surface area contributed by atoms with Crippen molar-refractivity contribution in [2.75, 3.05) is 33.9 Å². The Kier molecular flexibility index (Phi) is 5.56. The van der Waals surface area contributed by atoms with E-state index < -0.39 is 0 Å². The van der Waals surface area contributed by atoms with Crippen LogP contribution in [0, 0.1) is 0 Å². The molecule has 0 aromatic rings. The fourth-order valence-electron chi connectivity index (χ4n) is 0.533. The molecule has 11 heavy (non-hydrogen) atoms. The van der Waals surface area contributed by atoms with Crippen LogP contribution >= 0.6 is 0 Å². The van der Waals surface area contributed by atoms with Crippen molar-refractivity contribution in [1.29, 1.82) is 0 Å². The minimum Gasteiger partial charge on any atom is -0.380 e. The summed E-state index contributed by atoms with van der Waals surface area (Å²) in [5.74, 6) is 0. The lowest BCUT2D eigenvalue weighted by Crippen LogP contribution is -2.36. The second-order valence-electron chi connectivity index (χ2n) is 2.32. The molecule has 0 radical (unpaired) electrons. The van der Waals surface area contributed by atoms with E-state index in [2.05, 4.69) is 5.32 Å². The van der Waals surface area contributed by atoms with Gasteiger partial charge in [0, 0.05) is 27.2 Å². The molecule has 0 bridgehead atoms. The minimum absolute atomic E-state index is 0.0790. The van der Waals surface area contributed by atoms with Gasteiger partial charge in [0.2, 0.25) is 0 Å². The maximum atomic E-state index is 10.9. The van der Waals surface area contributed by atoms with Crippen LogP contribution in [0.5, 0.6) is 0 Å². The van der Waals surface area contributed by atoms with Gasteiger partial charge in [0.25, 0.3) is 0 Å². The van der Waals surface area contributed by atoms with Crippen LogP contribution in [0.3, 0.4) is 0 Å². The van der Waals surface area contributed by atoms with E-state index in [4.69, 9.17) is 4.74 Å². The van der Waals surface area contributed by atoms with Crippen molar-refractivity contribution in [2.45, 2.75) is 6.92 Å². The van der Waals surface area contributed by atoms with Crippen LogP contribution in [0.15, 0.2) is 0 Å². The summed E-state index contributed by atoms with van der Waals surface area (Å²) in [5.41, 5.74) is 0. The zero-order valence-electron chi connectivity index (χ0n) is 7.39. The first-order valence-corrected chi connectivity index (χ1v) is 3.71. The van der Waals surface area contributed by atoms with Crippen molar-refractivity contribution in [1.82, 2.24) is 10.2 Å². The molecule has 0 aliphatic heterocycles. The lowest BCUT2D eigenvalue weighted by molar-refractivity contribution is 0.147. The van der Waals surface area contributed by atoms with Crippen LogP contribution in [0.4, 0.5) is 4.79 Å². The molecule has 0 rings (SSSR count). The van der Waals surface area contributed by atoms with Gasteiger partial charge in [-0.3, -0.25) is 0 Å². The molecule has 0 atom stereocenters. The van der Waals surface area contributed by atoms with Crippen LogP contribution in [-0.2, 0) is 4.74 Å². The third-order valence-electron chi connectivity index (χ3n) is 1.13. The van der Waals surface area contributed by atoms with Gasteiger partial charge in [0.05, 0.1) is 6.61 Å². The Labute approximate surface area is 67.5 Å². The highest BCUT2D eigenvalue weighted by atomic mass is 16.5. The summed E-state index contributed by atoms with van der Waals surface area (Å²) in [6.45, 7) is 3.77. The van der Waals surface area contributed by atoms with Gasteiger partial charge in [-0.1, -0.05) is 0 Å². The van der Waals surface area contributed by atoms with Crippen molar-refractivity contribution in [3.05, 3.63) is 0 Å². The zero-order valence-corrected chi connectivity index (χ0v) is 7.39. The summed E-state index contributed by atoms with van der Waals surface area (Å²) in [7, 11) is 3.41. The molecule has 0 unspecified atom stereocenters. The fourth-order valence-corrected chi connectivity index (χ4v) is 0.533. The summed E-state index contributed by atoms with van der Waals surface area (Å²) in [6, 6.07) is -0.0790. The van der Waals surface area contributed by atoms with E-state index in [-0.39, 0.29) is 6.03 Å². The molecule has 2 amide bonds. The molecule has 0 spiro atoms. The highest BCUT2D eigenvalue weighted by Crippen LogP contribution is 1.76. The number of urea groups is 1. The van der Waals surface area contributed by atoms with Crippen molar-refractivity contribution in [2.24, 2.45) is 0 Å². The summed E-state index contributed by atoms with van der Waals surface area (Å²) in [5, 5.41) is 2.68. The third-order valence-corrected chi connectivity index (χ3v) is 1.13. The Morgan fingerprint density at radius 2 is 2.18 bits per heavy atom. The number of hydrogen-bond acceptors (Lipinski definition) is 2. The van der Waals surface area contributed by atoms with E-state index in [1.54, 1.807) is 14.1 Å². The average Bonchev–Trinajstić information content (AvgIpc) is 1.97. The minimum atomic E-state index is -0.0790. The molecule has 0 saturated heterocycles. The van der Waals surface area contributed by atoms with Crippen molar-refractivity contribution in [3.63, 3.8) is 0 Å². The first kappa shape index (κ1) is 10.2. The molecule has 1 N–H and O–H groups in total. The highest BCUT2D eigenvalue weighted by molar-refractivity contribution is 5.73. The van der Waals surface area contributed by atoms with Gasteiger partial charge < -0.3 is 15.0 Å². The molecule has 0 saturated carbocycles. The molecule has 0 fully saturated rings. The van der Waals surface area contributed by atoms with Crippen LogP contribution in [-0.4, -0.2) is 44.8 Å². The van der Waals surface area contributed by atoms with Crippen LogP contribution in [0.2, 0.25) is 0 Å². The molecule has 0 aliphatic carbocycles. The third kappa shape index (κ3) is 5.66. The predicted molar refractivity (Wildman–Crippen MR) is 43.6 cm³/mol. The molecule has 0 aromatic carbocycles. The zero-order chi connectivity index (χ0) is 8.69. The number of nitrogens with zero attached hydrogens (tertiary/aromatic N) is 1. The average molecular weight is 160 g/mol.